The fraction of sp³-hybridized carbons (Fsp3) is 0.409. The average Bonchev–Trinajstić information content (AvgIpc) is 3.23. The number of methoxy groups -OCH3 is 1. The summed E-state index contributed by atoms with van der Waals surface area (Å²) in [5.41, 5.74) is 8.41. The topological polar surface area (TPSA) is 71.6 Å². The van der Waals surface area contributed by atoms with Gasteiger partial charge in [0.15, 0.2) is 0 Å². The molecule has 6 nitrogen and oxygen atoms in total. The second-order valence-electron chi connectivity index (χ2n) is 6.93. The van der Waals surface area contributed by atoms with Gasteiger partial charge in [-0.1, -0.05) is 43.7 Å². The van der Waals surface area contributed by atoms with Crippen LogP contribution in [0.2, 0.25) is 0 Å². The minimum atomic E-state index is -0.278. The van der Waals surface area contributed by atoms with Gasteiger partial charge in [-0.3, -0.25) is 4.79 Å². The molecule has 0 saturated carbocycles. The highest BCUT2D eigenvalue weighted by Crippen LogP contribution is 2.25. The van der Waals surface area contributed by atoms with Gasteiger partial charge in [-0.05, 0) is 36.6 Å². The highest BCUT2D eigenvalue weighted by atomic mass is 16.5. The lowest BCUT2D eigenvalue weighted by atomic mass is 10.0. The smallest absolute Gasteiger partial charge is 0.238 e. The van der Waals surface area contributed by atoms with Crippen molar-refractivity contribution in [3.63, 3.8) is 0 Å². The Balaban J connectivity index is 1.49. The maximum absolute atomic E-state index is 12.5. The number of rotatable bonds is 9. The quantitative estimate of drug-likeness (QED) is 0.581. The average molecular weight is 383 g/mol. The molecular formula is C22H29N3O3. The zero-order valence-electron chi connectivity index (χ0n) is 16.5. The van der Waals surface area contributed by atoms with E-state index >= 15 is 0 Å². The van der Waals surface area contributed by atoms with Crippen LogP contribution in [0.4, 0.5) is 0 Å². The van der Waals surface area contributed by atoms with Crippen LogP contribution < -0.4 is 25.6 Å². The molecule has 1 aliphatic rings. The lowest BCUT2D eigenvalue weighted by molar-refractivity contribution is -0.123. The molecule has 2 atom stereocenters. The first-order valence-corrected chi connectivity index (χ1v) is 9.84. The van der Waals surface area contributed by atoms with Crippen LogP contribution in [0.15, 0.2) is 48.5 Å². The Bertz CT molecular complexity index is 764. The summed E-state index contributed by atoms with van der Waals surface area (Å²) in [5.74, 6) is 1.63. The Hall–Kier alpha value is -2.57. The van der Waals surface area contributed by atoms with Crippen molar-refractivity contribution in [1.82, 2.24) is 16.2 Å². The van der Waals surface area contributed by atoms with Crippen molar-refractivity contribution < 1.29 is 14.3 Å². The monoisotopic (exact) mass is 383 g/mol. The fourth-order valence-corrected chi connectivity index (χ4v) is 3.23. The lowest BCUT2D eigenvalue weighted by Crippen LogP contribution is -2.42. The molecule has 0 aliphatic carbocycles. The van der Waals surface area contributed by atoms with Gasteiger partial charge in [0.1, 0.15) is 17.5 Å². The van der Waals surface area contributed by atoms with Crippen LogP contribution in [0.5, 0.6) is 11.5 Å². The molecule has 2 aromatic carbocycles. The number of hydrogen-bond acceptors (Lipinski definition) is 5. The second-order valence-corrected chi connectivity index (χ2v) is 6.93. The normalized spacial score (nSPS) is 18.6. The zero-order valence-corrected chi connectivity index (χ0v) is 16.5. The van der Waals surface area contributed by atoms with Crippen molar-refractivity contribution >= 4 is 5.91 Å². The molecule has 2 unspecified atom stereocenters. The van der Waals surface area contributed by atoms with Crippen molar-refractivity contribution in [3.8, 4) is 11.5 Å². The van der Waals surface area contributed by atoms with Crippen LogP contribution in [-0.2, 0) is 11.3 Å². The van der Waals surface area contributed by atoms with Gasteiger partial charge in [-0.25, -0.2) is 10.9 Å². The molecule has 3 N–H and O–H groups in total. The molecule has 0 spiro atoms. The fourth-order valence-electron chi connectivity index (χ4n) is 3.23. The van der Waals surface area contributed by atoms with E-state index in [0.29, 0.717) is 13.0 Å². The van der Waals surface area contributed by atoms with Gasteiger partial charge in [0.05, 0.1) is 13.7 Å². The zero-order chi connectivity index (χ0) is 19.8. The lowest BCUT2D eigenvalue weighted by Gasteiger charge is -2.13. The van der Waals surface area contributed by atoms with E-state index in [4.69, 9.17) is 9.47 Å². The van der Waals surface area contributed by atoms with Crippen molar-refractivity contribution in [2.75, 3.05) is 13.7 Å². The first kappa shape index (κ1) is 20.2. The predicted molar refractivity (Wildman–Crippen MR) is 109 cm³/mol. The number of para-hydroxylation sites is 1. The summed E-state index contributed by atoms with van der Waals surface area (Å²) in [5, 5.41) is 2.98. The van der Waals surface area contributed by atoms with Crippen molar-refractivity contribution in [2.24, 2.45) is 0 Å². The first-order valence-electron chi connectivity index (χ1n) is 9.84. The molecule has 1 amide bonds. The minimum absolute atomic E-state index is 0.0274. The second kappa shape index (κ2) is 10.1. The Kier molecular flexibility index (Phi) is 7.28. The summed E-state index contributed by atoms with van der Waals surface area (Å²) in [6.45, 7) is 3.33. The Labute approximate surface area is 166 Å². The largest absolute Gasteiger partial charge is 0.496 e. The summed E-state index contributed by atoms with van der Waals surface area (Å²) in [6, 6.07) is 15.6. The van der Waals surface area contributed by atoms with E-state index in [0.717, 1.165) is 42.1 Å². The number of hydrazine groups is 1. The highest BCUT2D eigenvalue weighted by molar-refractivity contribution is 5.82. The number of hydrogen-bond donors (Lipinski definition) is 3. The third-order valence-electron chi connectivity index (χ3n) is 4.91. The molecule has 6 heteroatoms. The van der Waals surface area contributed by atoms with Gasteiger partial charge in [-0.15, -0.1) is 0 Å². The molecule has 2 aromatic rings. The molecule has 0 aromatic heterocycles. The molecule has 1 aliphatic heterocycles. The molecule has 3 rings (SSSR count). The Morgan fingerprint density at radius 2 is 1.93 bits per heavy atom. The number of carbonyl (C=O) groups excluding carboxylic acids is 1. The standard InChI is InChI=1S/C22H29N3O3/c1-3-4-13-28-18-11-9-16(10-12-18)19-14-20(25-24-19)22(26)23-15-17-7-5-6-8-21(17)27-2/h5-12,19-20,24-25H,3-4,13-15H2,1-2H3,(H,23,26). The molecule has 1 heterocycles. The van der Waals surface area contributed by atoms with E-state index in [-0.39, 0.29) is 18.0 Å². The number of benzene rings is 2. The van der Waals surface area contributed by atoms with Crippen LogP contribution in [0, 0.1) is 0 Å². The summed E-state index contributed by atoms with van der Waals surface area (Å²) >= 11 is 0. The van der Waals surface area contributed by atoms with Crippen LogP contribution >= 0.6 is 0 Å². The van der Waals surface area contributed by atoms with Crippen LogP contribution in [-0.4, -0.2) is 25.7 Å². The van der Waals surface area contributed by atoms with Crippen molar-refractivity contribution in [1.29, 1.82) is 0 Å². The van der Waals surface area contributed by atoms with E-state index in [1.165, 1.54) is 0 Å². The first-order chi connectivity index (χ1) is 13.7. The van der Waals surface area contributed by atoms with E-state index < -0.39 is 0 Å². The molecule has 0 bridgehead atoms. The number of carbonyl (C=O) groups is 1. The van der Waals surface area contributed by atoms with Gasteiger partial charge in [0, 0.05) is 18.2 Å². The molecule has 28 heavy (non-hydrogen) atoms. The number of ether oxygens (including phenoxy) is 2. The van der Waals surface area contributed by atoms with Crippen LogP contribution in [0.3, 0.4) is 0 Å². The SMILES string of the molecule is CCCCOc1ccc(C2CC(C(=O)NCc3ccccc3OC)NN2)cc1. The summed E-state index contributed by atoms with van der Waals surface area (Å²) < 4.78 is 11.0. The van der Waals surface area contributed by atoms with E-state index in [9.17, 15) is 4.79 Å². The van der Waals surface area contributed by atoms with Crippen molar-refractivity contribution in [2.45, 2.75) is 44.8 Å². The minimum Gasteiger partial charge on any atom is -0.496 e. The van der Waals surface area contributed by atoms with E-state index in [2.05, 4.69) is 35.2 Å². The Morgan fingerprint density at radius 1 is 1.14 bits per heavy atom. The molecule has 0 radical (unpaired) electrons. The van der Waals surface area contributed by atoms with Crippen molar-refractivity contribution in [3.05, 3.63) is 59.7 Å². The van der Waals surface area contributed by atoms with Gasteiger partial charge >= 0.3 is 0 Å². The molecule has 1 saturated heterocycles. The van der Waals surface area contributed by atoms with E-state index in [1.807, 2.05) is 36.4 Å². The number of unbranched alkanes of at least 4 members (excludes halogenated alkanes) is 1. The van der Waals surface area contributed by atoms with Gasteiger partial charge < -0.3 is 14.8 Å². The summed E-state index contributed by atoms with van der Waals surface area (Å²) in [7, 11) is 1.63. The van der Waals surface area contributed by atoms with Gasteiger partial charge in [-0.2, -0.15) is 0 Å². The third kappa shape index (κ3) is 5.24. The third-order valence-corrected chi connectivity index (χ3v) is 4.91. The molecule has 150 valence electrons. The predicted octanol–water partition coefficient (Wildman–Crippen LogP) is 3.10. The van der Waals surface area contributed by atoms with Gasteiger partial charge in [0.25, 0.3) is 0 Å². The molecule has 1 fully saturated rings. The maximum atomic E-state index is 12.5. The van der Waals surface area contributed by atoms with Gasteiger partial charge in [0.2, 0.25) is 5.91 Å². The summed E-state index contributed by atoms with van der Waals surface area (Å²) in [4.78, 5) is 12.5. The maximum Gasteiger partial charge on any atom is 0.238 e. The summed E-state index contributed by atoms with van der Waals surface area (Å²) in [6.07, 6.45) is 2.87. The Morgan fingerprint density at radius 3 is 2.68 bits per heavy atom. The van der Waals surface area contributed by atoms with Crippen LogP contribution in [0.25, 0.3) is 0 Å². The number of amides is 1. The molecular weight excluding hydrogens is 354 g/mol. The van der Waals surface area contributed by atoms with E-state index in [1.54, 1.807) is 7.11 Å². The highest BCUT2D eigenvalue weighted by Gasteiger charge is 2.30. The number of nitrogens with one attached hydrogen (secondary N) is 3. The van der Waals surface area contributed by atoms with Crippen LogP contribution in [0.1, 0.15) is 43.4 Å².